The van der Waals surface area contributed by atoms with Gasteiger partial charge in [-0.05, 0) is 59.7 Å². The molecule has 0 saturated carbocycles. The molecular weight excluding hydrogens is 254 g/mol. The molecule has 5 nitrogen and oxygen atoms in total. The number of hydrogen-bond acceptors (Lipinski definition) is 4. The Kier molecular flexibility index (Phi) is 6.92. The topological polar surface area (TPSA) is 67.6 Å². The van der Waals surface area contributed by atoms with E-state index in [1.54, 1.807) is 0 Å². The van der Waals surface area contributed by atoms with Gasteiger partial charge in [-0.1, -0.05) is 6.92 Å². The SMILES string of the molecule is CCCNC(C)(CCCN(C)C1CCOC1C)C(N)=O. The zero-order valence-electron chi connectivity index (χ0n) is 13.4. The van der Waals surface area contributed by atoms with Crippen LogP contribution in [0.4, 0.5) is 0 Å². The molecular formula is C15H31N3O2. The third kappa shape index (κ3) is 4.72. The lowest BCUT2D eigenvalue weighted by Crippen LogP contribution is -2.53. The molecule has 0 aromatic rings. The molecule has 5 heteroatoms. The Morgan fingerprint density at radius 1 is 1.55 bits per heavy atom. The predicted octanol–water partition coefficient (Wildman–Crippen LogP) is 1.12. The Morgan fingerprint density at radius 2 is 2.25 bits per heavy atom. The molecule has 1 fully saturated rings. The van der Waals surface area contributed by atoms with E-state index in [0.717, 1.165) is 45.4 Å². The minimum absolute atomic E-state index is 0.258. The maximum absolute atomic E-state index is 11.6. The summed E-state index contributed by atoms with van der Waals surface area (Å²) in [4.78, 5) is 14.0. The van der Waals surface area contributed by atoms with E-state index in [1.165, 1.54) is 0 Å². The van der Waals surface area contributed by atoms with Crippen LogP contribution in [0.25, 0.3) is 0 Å². The fourth-order valence-electron chi connectivity index (χ4n) is 2.85. The minimum atomic E-state index is -0.589. The first kappa shape index (κ1) is 17.4. The minimum Gasteiger partial charge on any atom is -0.377 e. The van der Waals surface area contributed by atoms with Crippen molar-refractivity contribution in [3.8, 4) is 0 Å². The van der Waals surface area contributed by atoms with Crippen LogP contribution in [0.2, 0.25) is 0 Å². The molecule has 3 unspecified atom stereocenters. The van der Waals surface area contributed by atoms with E-state index < -0.39 is 5.54 Å². The van der Waals surface area contributed by atoms with Crippen molar-refractivity contribution < 1.29 is 9.53 Å². The highest BCUT2D eigenvalue weighted by atomic mass is 16.5. The smallest absolute Gasteiger partial charge is 0.237 e. The van der Waals surface area contributed by atoms with Crippen LogP contribution in [0, 0.1) is 0 Å². The maximum Gasteiger partial charge on any atom is 0.237 e. The predicted molar refractivity (Wildman–Crippen MR) is 81.6 cm³/mol. The van der Waals surface area contributed by atoms with Gasteiger partial charge in [0.25, 0.3) is 0 Å². The van der Waals surface area contributed by atoms with Crippen molar-refractivity contribution in [2.75, 3.05) is 26.7 Å². The number of hydrogen-bond donors (Lipinski definition) is 2. The lowest BCUT2D eigenvalue weighted by Gasteiger charge is -2.30. The van der Waals surface area contributed by atoms with E-state index >= 15 is 0 Å². The lowest BCUT2D eigenvalue weighted by molar-refractivity contribution is -0.124. The van der Waals surface area contributed by atoms with Crippen LogP contribution in [-0.2, 0) is 9.53 Å². The summed E-state index contributed by atoms with van der Waals surface area (Å²) in [6.07, 6.45) is 4.13. The molecule has 1 amide bonds. The van der Waals surface area contributed by atoms with E-state index in [2.05, 4.69) is 31.1 Å². The van der Waals surface area contributed by atoms with Gasteiger partial charge in [0.2, 0.25) is 5.91 Å². The Balaban J connectivity index is 2.38. The second-order valence-corrected chi connectivity index (χ2v) is 6.14. The number of carbonyl (C=O) groups is 1. The second-order valence-electron chi connectivity index (χ2n) is 6.14. The van der Waals surface area contributed by atoms with E-state index in [1.807, 2.05) is 6.92 Å². The molecule has 0 spiro atoms. The first-order chi connectivity index (χ1) is 9.40. The summed E-state index contributed by atoms with van der Waals surface area (Å²) in [6.45, 7) is 8.77. The number of likely N-dealkylation sites (N-methyl/N-ethyl adjacent to an activating group) is 1. The zero-order chi connectivity index (χ0) is 15.2. The zero-order valence-corrected chi connectivity index (χ0v) is 13.4. The highest BCUT2D eigenvalue weighted by Gasteiger charge is 2.31. The van der Waals surface area contributed by atoms with Gasteiger partial charge >= 0.3 is 0 Å². The third-order valence-electron chi connectivity index (χ3n) is 4.40. The number of ether oxygens (including phenoxy) is 1. The van der Waals surface area contributed by atoms with E-state index in [9.17, 15) is 4.79 Å². The number of primary amides is 1. The summed E-state index contributed by atoms with van der Waals surface area (Å²) >= 11 is 0. The average molecular weight is 285 g/mol. The van der Waals surface area contributed by atoms with Crippen molar-refractivity contribution in [1.29, 1.82) is 0 Å². The molecule has 1 heterocycles. The molecule has 0 aliphatic carbocycles. The molecule has 20 heavy (non-hydrogen) atoms. The van der Waals surface area contributed by atoms with Crippen LogP contribution >= 0.6 is 0 Å². The highest BCUT2D eigenvalue weighted by Crippen LogP contribution is 2.19. The number of rotatable bonds is 9. The van der Waals surface area contributed by atoms with Gasteiger partial charge in [-0.2, -0.15) is 0 Å². The number of nitrogens with zero attached hydrogens (tertiary/aromatic N) is 1. The van der Waals surface area contributed by atoms with Crippen LogP contribution < -0.4 is 11.1 Å². The van der Waals surface area contributed by atoms with Crippen molar-refractivity contribution in [2.24, 2.45) is 5.73 Å². The summed E-state index contributed by atoms with van der Waals surface area (Å²) in [5, 5.41) is 3.28. The largest absolute Gasteiger partial charge is 0.377 e. The van der Waals surface area contributed by atoms with Gasteiger partial charge in [0.1, 0.15) is 0 Å². The van der Waals surface area contributed by atoms with Crippen molar-refractivity contribution in [3.05, 3.63) is 0 Å². The molecule has 1 saturated heterocycles. The average Bonchev–Trinajstić information content (AvgIpc) is 2.82. The molecule has 1 rings (SSSR count). The van der Waals surface area contributed by atoms with Crippen molar-refractivity contribution in [3.63, 3.8) is 0 Å². The fourth-order valence-corrected chi connectivity index (χ4v) is 2.85. The normalized spacial score (nSPS) is 25.9. The Morgan fingerprint density at radius 3 is 2.75 bits per heavy atom. The first-order valence-electron chi connectivity index (χ1n) is 7.77. The molecule has 0 aromatic heterocycles. The van der Waals surface area contributed by atoms with Gasteiger partial charge in [0, 0.05) is 12.6 Å². The van der Waals surface area contributed by atoms with Crippen molar-refractivity contribution in [2.45, 2.75) is 64.1 Å². The Bertz CT molecular complexity index is 311. The molecule has 3 atom stereocenters. The van der Waals surface area contributed by atoms with Crippen LogP contribution in [0.3, 0.4) is 0 Å². The summed E-state index contributed by atoms with van der Waals surface area (Å²) < 4.78 is 5.60. The monoisotopic (exact) mass is 285 g/mol. The van der Waals surface area contributed by atoms with Crippen molar-refractivity contribution in [1.82, 2.24) is 10.2 Å². The van der Waals surface area contributed by atoms with Crippen molar-refractivity contribution >= 4 is 5.91 Å². The molecule has 0 bridgehead atoms. The van der Waals surface area contributed by atoms with Gasteiger partial charge in [-0.15, -0.1) is 0 Å². The molecule has 1 aliphatic rings. The Labute approximate surface area is 123 Å². The number of amides is 1. The number of carbonyl (C=O) groups excluding carboxylic acids is 1. The van der Waals surface area contributed by atoms with Crippen LogP contribution in [0.1, 0.15) is 46.5 Å². The second kappa shape index (κ2) is 7.96. The Hall–Kier alpha value is -0.650. The van der Waals surface area contributed by atoms with Gasteiger partial charge in [0.15, 0.2) is 0 Å². The van der Waals surface area contributed by atoms with Gasteiger partial charge < -0.3 is 20.7 Å². The van der Waals surface area contributed by atoms with Crippen LogP contribution in [0.15, 0.2) is 0 Å². The summed E-state index contributed by atoms with van der Waals surface area (Å²) in [5.74, 6) is -0.258. The molecule has 3 N–H and O–H groups in total. The standard InChI is InChI=1S/C15H31N3O2/c1-5-9-17-15(3,14(16)19)8-6-10-18(4)13-7-11-20-12(13)2/h12-13,17H,5-11H2,1-4H3,(H2,16,19). The maximum atomic E-state index is 11.6. The quantitative estimate of drug-likeness (QED) is 0.666. The van der Waals surface area contributed by atoms with Gasteiger partial charge in [-0.3, -0.25) is 4.79 Å². The summed E-state index contributed by atoms with van der Waals surface area (Å²) in [5.41, 5.74) is 4.95. The summed E-state index contributed by atoms with van der Waals surface area (Å²) in [6, 6.07) is 0.499. The lowest BCUT2D eigenvalue weighted by atomic mass is 9.94. The molecule has 0 radical (unpaired) electrons. The third-order valence-corrected chi connectivity index (χ3v) is 4.40. The van der Waals surface area contributed by atoms with Gasteiger partial charge in [0.05, 0.1) is 11.6 Å². The first-order valence-corrected chi connectivity index (χ1v) is 7.77. The molecule has 118 valence electrons. The fraction of sp³-hybridized carbons (Fsp3) is 0.933. The summed E-state index contributed by atoms with van der Waals surface area (Å²) in [7, 11) is 2.14. The van der Waals surface area contributed by atoms with Gasteiger partial charge in [-0.25, -0.2) is 0 Å². The van der Waals surface area contributed by atoms with E-state index in [0.29, 0.717) is 12.1 Å². The van der Waals surface area contributed by atoms with Crippen LogP contribution in [-0.4, -0.2) is 55.2 Å². The molecule has 1 aliphatic heterocycles. The highest BCUT2D eigenvalue weighted by molar-refractivity contribution is 5.84. The van der Waals surface area contributed by atoms with Crippen LogP contribution in [0.5, 0.6) is 0 Å². The number of nitrogens with two attached hydrogens (primary N) is 1. The molecule has 0 aromatic carbocycles. The number of nitrogens with one attached hydrogen (secondary N) is 1. The van der Waals surface area contributed by atoms with E-state index in [-0.39, 0.29) is 5.91 Å². The van der Waals surface area contributed by atoms with E-state index in [4.69, 9.17) is 10.5 Å².